The number of nitrogens with two attached hydrogens (primary N) is 1. The number of amidine groups is 1. The van der Waals surface area contributed by atoms with E-state index in [1.807, 2.05) is 23.9 Å². The molecule has 1 aromatic carbocycles. The van der Waals surface area contributed by atoms with Crippen LogP contribution in [0.1, 0.15) is 12.0 Å². The summed E-state index contributed by atoms with van der Waals surface area (Å²) >= 11 is 6.63. The number of thioether (sulfide) groups is 1. The number of hydrogen-bond donors (Lipinski definition) is 3. The first kappa shape index (κ1) is 14.9. The van der Waals surface area contributed by atoms with Crippen molar-refractivity contribution < 1.29 is 4.74 Å². The fraction of sp³-hybridized carbons (Fsp3) is 0.385. The monoisotopic (exact) mass is 310 g/mol. The molecule has 108 valence electrons. The normalized spacial score (nSPS) is 17.4. The maximum absolute atomic E-state index is 5.35. The summed E-state index contributed by atoms with van der Waals surface area (Å²) in [5.41, 5.74) is 12.3. The number of aliphatic imine (C=N–C) groups is 1. The third-order valence-electron chi connectivity index (χ3n) is 2.88. The fourth-order valence-electron chi connectivity index (χ4n) is 1.83. The average molecular weight is 310 g/mol. The topological polar surface area (TPSA) is 71.7 Å². The summed E-state index contributed by atoms with van der Waals surface area (Å²) in [7, 11) is 1.68. The molecule has 0 saturated heterocycles. The zero-order valence-corrected chi connectivity index (χ0v) is 12.9. The van der Waals surface area contributed by atoms with E-state index in [0.717, 1.165) is 30.3 Å². The van der Waals surface area contributed by atoms with Crippen LogP contribution in [0.4, 0.5) is 0 Å². The molecule has 4 N–H and O–H groups in total. The first-order valence-corrected chi connectivity index (χ1v) is 7.72. The molecule has 2 rings (SSSR count). The number of ether oxygens (including phenoxy) is 1. The molecule has 1 aliphatic rings. The average Bonchev–Trinajstić information content (AvgIpc) is 2.91. The van der Waals surface area contributed by atoms with Gasteiger partial charge in [-0.2, -0.15) is 11.8 Å². The van der Waals surface area contributed by atoms with Crippen molar-refractivity contribution in [2.75, 3.05) is 13.7 Å². The molecule has 0 saturated carbocycles. The van der Waals surface area contributed by atoms with Gasteiger partial charge in [0.2, 0.25) is 0 Å². The van der Waals surface area contributed by atoms with Gasteiger partial charge in [-0.25, -0.2) is 0 Å². The first-order chi connectivity index (χ1) is 9.67. The number of rotatable bonds is 4. The largest absolute Gasteiger partial charge is 0.497 e. The van der Waals surface area contributed by atoms with Crippen molar-refractivity contribution in [3.05, 3.63) is 29.8 Å². The van der Waals surface area contributed by atoms with Crippen LogP contribution in [0.5, 0.6) is 5.75 Å². The molecule has 1 atom stereocenters. The van der Waals surface area contributed by atoms with Gasteiger partial charge >= 0.3 is 0 Å². The van der Waals surface area contributed by atoms with E-state index in [4.69, 9.17) is 22.7 Å². The molecule has 0 amide bonds. The van der Waals surface area contributed by atoms with E-state index in [1.165, 1.54) is 5.56 Å². The van der Waals surface area contributed by atoms with Gasteiger partial charge in [0, 0.05) is 17.4 Å². The maximum atomic E-state index is 5.35. The van der Waals surface area contributed by atoms with Crippen molar-refractivity contribution in [2.24, 2.45) is 10.7 Å². The van der Waals surface area contributed by atoms with E-state index in [2.05, 4.69) is 28.0 Å². The molecule has 0 radical (unpaired) electrons. The summed E-state index contributed by atoms with van der Waals surface area (Å²) in [5.74, 6) is 2.77. The number of nitrogens with one attached hydrogen (secondary N) is 2. The Kier molecular flexibility index (Phi) is 5.49. The lowest BCUT2D eigenvalue weighted by Crippen LogP contribution is -2.44. The van der Waals surface area contributed by atoms with Gasteiger partial charge in [-0.3, -0.25) is 15.8 Å². The van der Waals surface area contributed by atoms with Crippen molar-refractivity contribution in [1.82, 2.24) is 10.9 Å². The predicted molar refractivity (Wildman–Crippen MR) is 88.1 cm³/mol. The molecule has 1 aromatic rings. The smallest absolute Gasteiger partial charge is 0.182 e. The van der Waals surface area contributed by atoms with Crippen LogP contribution in [-0.4, -0.2) is 29.9 Å². The third kappa shape index (κ3) is 4.57. The van der Waals surface area contributed by atoms with Crippen molar-refractivity contribution in [1.29, 1.82) is 0 Å². The van der Waals surface area contributed by atoms with Crippen LogP contribution in [0.25, 0.3) is 0 Å². The number of hydrazine groups is 1. The lowest BCUT2D eigenvalue weighted by molar-refractivity contribution is 0.414. The number of methoxy groups -OCH3 is 1. The second-order valence-electron chi connectivity index (χ2n) is 4.39. The summed E-state index contributed by atoms with van der Waals surface area (Å²) in [5, 5.41) is 0.717. The number of nitrogens with zero attached hydrogens (tertiary/aromatic N) is 1. The Balaban J connectivity index is 1.72. The highest BCUT2D eigenvalue weighted by molar-refractivity contribution is 7.99. The molecule has 0 aromatic heterocycles. The van der Waals surface area contributed by atoms with Crippen LogP contribution < -0.4 is 21.3 Å². The zero-order valence-electron chi connectivity index (χ0n) is 11.3. The van der Waals surface area contributed by atoms with Gasteiger partial charge in [-0.1, -0.05) is 12.1 Å². The van der Waals surface area contributed by atoms with Crippen molar-refractivity contribution in [3.63, 3.8) is 0 Å². The van der Waals surface area contributed by atoms with E-state index in [-0.39, 0.29) is 5.11 Å². The highest BCUT2D eigenvalue weighted by atomic mass is 32.2. The Hall–Kier alpha value is -1.47. The van der Waals surface area contributed by atoms with Gasteiger partial charge in [-0.05, 0) is 29.9 Å². The molecular weight excluding hydrogens is 292 g/mol. The van der Waals surface area contributed by atoms with Gasteiger partial charge in [0.25, 0.3) is 0 Å². The second-order valence-corrected chi connectivity index (χ2v) is 6.12. The van der Waals surface area contributed by atoms with Crippen LogP contribution in [0.15, 0.2) is 29.3 Å². The van der Waals surface area contributed by atoms with Crippen molar-refractivity contribution >= 4 is 34.9 Å². The predicted octanol–water partition coefficient (Wildman–Crippen LogP) is 1.44. The molecule has 7 heteroatoms. The van der Waals surface area contributed by atoms with Crippen LogP contribution in [-0.2, 0) is 5.75 Å². The minimum atomic E-state index is 0.224. The van der Waals surface area contributed by atoms with Crippen LogP contribution >= 0.6 is 24.0 Å². The summed E-state index contributed by atoms with van der Waals surface area (Å²) in [6.45, 7) is 0.822. The zero-order chi connectivity index (χ0) is 14.4. The van der Waals surface area contributed by atoms with Gasteiger partial charge in [0.15, 0.2) is 5.11 Å². The molecule has 0 fully saturated rings. The summed E-state index contributed by atoms with van der Waals surface area (Å²) in [6.07, 6.45) is 0.899. The van der Waals surface area contributed by atoms with Gasteiger partial charge in [0.1, 0.15) is 11.6 Å². The van der Waals surface area contributed by atoms with E-state index < -0.39 is 0 Å². The van der Waals surface area contributed by atoms with Crippen LogP contribution in [0, 0.1) is 0 Å². The van der Waals surface area contributed by atoms with Crippen molar-refractivity contribution in [3.8, 4) is 5.75 Å². The number of thiocarbonyl (C=S) groups is 1. The Bertz CT molecular complexity index is 490. The summed E-state index contributed by atoms with van der Waals surface area (Å²) in [6, 6.07) is 8.16. The summed E-state index contributed by atoms with van der Waals surface area (Å²) < 4.78 is 5.15. The molecule has 1 unspecified atom stereocenters. The lowest BCUT2D eigenvalue weighted by atomic mass is 10.2. The SMILES string of the molecule is COc1ccc(CSC2CN=C(NNC(N)=S)C2)cc1. The fourth-order valence-corrected chi connectivity index (χ4v) is 2.96. The van der Waals surface area contributed by atoms with Crippen LogP contribution in [0.2, 0.25) is 0 Å². The highest BCUT2D eigenvalue weighted by Crippen LogP contribution is 2.25. The summed E-state index contributed by atoms with van der Waals surface area (Å²) in [4.78, 5) is 4.42. The number of benzene rings is 1. The molecule has 0 spiro atoms. The Morgan fingerprint density at radius 1 is 1.50 bits per heavy atom. The molecule has 1 aliphatic heterocycles. The standard InChI is InChI=1S/C13H18N4OS2/c1-18-10-4-2-9(3-5-10)8-20-11-6-12(15-7-11)16-17-13(14)19/h2-5,11H,6-8H2,1H3,(H,15,16)(H3,14,17,19). The second kappa shape index (κ2) is 7.35. The molecule has 20 heavy (non-hydrogen) atoms. The van der Waals surface area contributed by atoms with E-state index in [1.54, 1.807) is 7.11 Å². The third-order valence-corrected chi connectivity index (χ3v) is 4.27. The minimum absolute atomic E-state index is 0.224. The maximum Gasteiger partial charge on any atom is 0.182 e. The first-order valence-electron chi connectivity index (χ1n) is 6.26. The quantitative estimate of drug-likeness (QED) is 0.577. The highest BCUT2D eigenvalue weighted by Gasteiger charge is 2.18. The van der Waals surface area contributed by atoms with Crippen molar-refractivity contribution in [2.45, 2.75) is 17.4 Å². The van der Waals surface area contributed by atoms with Gasteiger partial charge in [0.05, 0.1) is 13.7 Å². The van der Waals surface area contributed by atoms with Crippen LogP contribution in [0.3, 0.4) is 0 Å². The van der Waals surface area contributed by atoms with Gasteiger partial charge in [-0.15, -0.1) is 0 Å². The Morgan fingerprint density at radius 2 is 2.25 bits per heavy atom. The number of hydrogen-bond acceptors (Lipinski definition) is 5. The van der Waals surface area contributed by atoms with E-state index >= 15 is 0 Å². The Labute approximate surface area is 128 Å². The molecule has 5 nitrogen and oxygen atoms in total. The molecular formula is C13H18N4OS2. The molecule has 1 heterocycles. The van der Waals surface area contributed by atoms with E-state index in [9.17, 15) is 0 Å². The van der Waals surface area contributed by atoms with Gasteiger partial charge < -0.3 is 10.5 Å². The lowest BCUT2D eigenvalue weighted by Gasteiger charge is -2.10. The molecule has 0 aliphatic carbocycles. The Morgan fingerprint density at radius 3 is 2.90 bits per heavy atom. The molecule has 0 bridgehead atoms. The minimum Gasteiger partial charge on any atom is -0.497 e. The van der Waals surface area contributed by atoms with E-state index in [0.29, 0.717) is 5.25 Å².